The maximum absolute atomic E-state index is 11.8. The van der Waals surface area contributed by atoms with Gasteiger partial charge in [0.1, 0.15) is 5.75 Å². The normalized spacial score (nSPS) is 11.0. The van der Waals surface area contributed by atoms with Crippen molar-refractivity contribution in [2.45, 2.75) is 78.6 Å². The van der Waals surface area contributed by atoms with Crippen molar-refractivity contribution in [3.05, 3.63) is 29.3 Å². The van der Waals surface area contributed by atoms with E-state index in [1.165, 1.54) is 12.8 Å². The van der Waals surface area contributed by atoms with E-state index in [1.807, 2.05) is 12.1 Å². The van der Waals surface area contributed by atoms with Gasteiger partial charge in [-0.2, -0.15) is 0 Å². The molecule has 0 aliphatic carbocycles. The van der Waals surface area contributed by atoms with Crippen LogP contribution in [0.2, 0.25) is 0 Å². The van der Waals surface area contributed by atoms with E-state index in [2.05, 4.69) is 20.8 Å². The molecule has 0 unspecified atom stereocenters. The van der Waals surface area contributed by atoms with Crippen molar-refractivity contribution >= 4 is 5.97 Å². The summed E-state index contributed by atoms with van der Waals surface area (Å²) in [5.41, 5.74) is 2.07. The Morgan fingerprint density at radius 2 is 1.92 bits per heavy atom. The number of ether oxygens (including phenoxy) is 1. The number of aryl methyl sites for hydroxylation is 2. The molecule has 136 valence electrons. The maximum atomic E-state index is 11.8. The zero-order valence-corrected chi connectivity index (χ0v) is 15.6. The molecular weight excluding hydrogens is 300 g/mol. The summed E-state index contributed by atoms with van der Waals surface area (Å²) in [5, 5.41) is 9.87. The van der Waals surface area contributed by atoms with E-state index >= 15 is 0 Å². The molecule has 0 spiro atoms. The van der Waals surface area contributed by atoms with E-state index in [0.29, 0.717) is 25.2 Å². The predicted molar refractivity (Wildman–Crippen MR) is 99.3 cm³/mol. The summed E-state index contributed by atoms with van der Waals surface area (Å²) in [5.74, 6) is 0.985. The molecule has 1 aromatic rings. The molecule has 3 nitrogen and oxygen atoms in total. The third-order valence-electron chi connectivity index (χ3n) is 4.25. The molecule has 0 amide bonds. The number of phenolic OH excluding ortho intramolecular Hbond substituents is 1. The molecule has 0 radical (unpaired) electrons. The van der Waals surface area contributed by atoms with Crippen LogP contribution in [0.5, 0.6) is 5.75 Å². The van der Waals surface area contributed by atoms with Crippen LogP contribution in [0.3, 0.4) is 0 Å². The van der Waals surface area contributed by atoms with Crippen LogP contribution in [-0.4, -0.2) is 17.7 Å². The van der Waals surface area contributed by atoms with Crippen molar-refractivity contribution < 1.29 is 14.6 Å². The lowest BCUT2D eigenvalue weighted by Crippen LogP contribution is -2.07. The van der Waals surface area contributed by atoms with Gasteiger partial charge in [-0.15, -0.1) is 0 Å². The number of unbranched alkanes of at least 4 members (excludes halogenated alkanes) is 3. The second-order valence-electron chi connectivity index (χ2n) is 7.03. The van der Waals surface area contributed by atoms with Crippen LogP contribution in [0, 0.1) is 5.92 Å². The number of carbonyl (C=O) groups is 1. The van der Waals surface area contributed by atoms with Crippen molar-refractivity contribution in [2.75, 3.05) is 6.61 Å². The summed E-state index contributed by atoms with van der Waals surface area (Å²) in [6, 6.07) is 5.65. The highest BCUT2D eigenvalue weighted by molar-refractivity contribution is 5.69. The van der Waals surface area contributed by atoms with E-state index in [1.54, 1.807) is 6.07 Å². The molecule has 3 heteroatoms. The lowest BCUT2D eigenvalue weighted by Gasteiger charge is -2.08. The molecule has 24 heavy (non-hydrogen) atoms. The molecule has 0 aromatic heterocycles. The predicted octanol–water partition coefficient (Wildman–Crippen LogP) is 5.43. The summed E-state index contributed by atoms with van der Waals surface area (Å²) in [6.07, 6.45) is 8.68. The van der Waals surface area contributed by atoms with Crippen LogP contribution in [0.1, 0.15) is 76.8 Å². The molecular formula is C21H34O3. The highest BCUT2D eigenvalue weighted by Crippen LogP contribution is 2.21. The quantitative estimate of drug-likeness (QED) is 0.410. The standard InChI is InChI=1S/C21H34O3/c1-4-5-10-19-16-18(11-13-20(19)22)12-14-21(23)24-15-8-6-7-9-17(2)3/h11,13,16-17,22H,4-10,12,14-15H2,1-3H3. The molecule has 1 rings (SSSR count). The Morgan fingerprint density at radius 3 is 2.62 bits per heavy atom. The van der Waals surface area contributed by atoms with Gasteiger partial charge in [-0.25, -0.2) is 0 Å². The SMILES string of the molecule is CCCCc1cc(CCC(=O)OCCCCCC(C)C)ccc1O. The smallest absolute Gasteiger partial charge is 0.306 e. The third-order valence-corrected chi connectivity index (χ3v) is 4.25. The van der Waals surface area contributed by atoms with E-state index in [4.69, 9.17) is 4.74 Å². The van der Waals surface area contributed by atoms with Crippen LogP contribution in [0.4, 0.5) is 0 Å². The number of benzene rings is 1. The van der Waals surface area contributed by atoms with Gasteiger partial charge in [-0.3, -0.25) is 4.79 Å². The summed E-state index contributed by atoms with van der Waals surface area (Å²) in [4.78, 5) is 11.8. The number of phenols is 1. The van der Waals surface area contributed by atoms with Crippen molar-refractivity contribution in [1.29, 1.82) is 0 Å². The molecule has 0 aliphatic rings. The molecule has 1 aromatic carbocycles. The minimum atomic E-state index is -0.123. The molecule has 1 N–H and O–H groups in total. The average Bonchev–Trinajstić information content (AvgIpc) is 2.55. The third kappa shape index (κ3) is 8.95. The van der Waals surface area contributed by atoms with E-state index < -0.39 is 0 Å². The summed E-state index contributed by atoms with van der Waals surface area (Å²) < 4.78 is 5.30. The lowest BCUT2D eigenvalue weighted by molar-refractivity contribution is -0.143. The molecule has 0 aliphatic heterocycles. The van der Waals surface area contributed by atoms with Gasteiger partial charge in [-0.1, -0.05) is 58.6 Å². The van der Waals surface area contributed by atoms with Crippen molar-refractivity contribution in [1.82, 2.24) is 0 Å². The minimum Gasteiger partial charge on any atom is -0.508 e. The van der Waals surface area contributed by atoms with Crippen LogP contribution in [0.25, 0.3) is 0 Å². The molecule has 0 saturated heterocycles. The fourth-order valence-electron chi connectivity index (χ4n) is 2.70. The van der Waals surface area contributed by atoms with Crippen LogP contribution >= 0.6 is 0 Å². The van der Waals surface area contributed by atoms with Gasteiger partial charge in [0.2, 0.25) is 0 Å². The first-order valence-corrected chi connectivity index (χ1v) is 9.49. The van der Waals surface area contributed by atoms with E-state index in [0.717, 1.165) is 49.1 Å². The Kier molecular flexibility index (Phi) is 10.2. The highest BCUT2D eigenvalue weighted by atomic mass is 16.5. The van der Waals surface area contributed by atoms with Gasteiger partial charge >= 0.3 is 5.97 Å². The van der Waals surface area contributed by atoms with Gasteiger partial charge in [0, 0.05) is 6.42 Å². The van der Waals surface area contributed by atoms with Gasteiger partial charge in [-0.05, 0) is 48.8 Å². The van der Waals surface area contributed by atoms with Crippen LogP contribution in [-0.2, 0) is 22.4 Å². The van der Waals surface area contributed by atoms with Crippen LogP contribution < -0.4 is 0 Å². The lowest BCUT2D eigenvalue weighted by atomic mass is 10.0. The first-order chi connectivity index (χ1) is 11.5. The topological polar surface area (TPSA) is 46.5 Å². The Hall–Kier alpha value is -1.51. The second kappa shape index (κ2) is 11.9. The summed E-state index contributed by atoms with van der Waals surface area (Å²) >= 11 is 0. The van der Waals surface area contributed by atoms with Gasteiger partial charge in [0.25, 0.3) is 0 Å². The summed E-state index contributed by atoms with van der Waals surface area (Å²) in [6.45, 7) is 7.14. The van der Waals surface area contributed by atoms with Gasteiger partial charge in [0.15, 0.2) is 0 Å². The maximum Gasteiger partial charge on any atom is 0.306 e. The number of rotatable bonds is 12. The van der Waals surface area contributed by atoms with Crippen molar-refractivity contribution in [3.63, 3.8) is 0 Å². The van der Waals surface area contributed by atoms with Crippen LogP contribution in [0.15, 0.2) is 18.2 Å². The number of esters is 1. The molecule has 0 atom stereocenters. The molecule has 0 saturated carbocycles. The highest BCUT2D eigenvalue weighted by Gasteiger charge is 2.07. The molecule has 0 bridgehead atoms. The second-order valence-corrected chi connectivity index (χ2v) is 7.03. The molecule has 0 heterocycles. The Morgan fingerprint density at radius 1 is 1.12 bits per heavy atom. The zero-order valence-electron chi connectivity index (χ0n) is 15.6. The largest absolute Gasteiger partial charge is 0.508 e. The first-order valence-electron chi connectivity index (χ1n) is 9.49. The Balaban J connectivity index is 2.24. The zero-order chi connectivity index (χ0) is 17.8. The number of hydrogen-bond acceptors (Lipinski definition) is 3. The van der Waals surface area contributed by atoms with Crippen molar-refractivity contribution in [2.24, 2.45) is 5.92 Å². The number of carbonyl (C=O) groups excluding carboxylic acids is 1. The van der Waals surface area contributed by atoms with Gasteiger partial charge in [0.05, 0.1) is 6.61 Å². The average molecular weight is 334 g/mol. The Bertz CT molecular complexity index is 480. The van der Waals surface area contributed by atoms with Crippen molar-refractivity contribution in [3.8, 4) is 5.75 Å². The minimum absolute atomic E-state index is 0.123. The summed E-state index contributed by atoms with van der Waals surface area (Å²) in [7, 11) is 0. The Labute approximate surface area is 147 Å². The first kappa shape index (κ1) is 20.5. The van der Waals surface area contributed by atoms with E-state index in [9.17, 15) is 9.90 Å². The fraction of sp³-hybridized carbons (Fsp3) is 0.667. The monoisotopic (exact) mass is 334 g/mol. The van der Waals surface area contributed by atoms with E-state index in [-0.39, 0.29) is 5.97 Å². The number of aromatic hydroxyl groups is 1. The van der Waals surface area contributed by atoms with Gasteiger partial charge < -0.3 is 9.84 Å². The fourth-order valence-corrected chi connectivity index (χ4v) is 2.70. The number of hydrogen-bond donors (Lipinski definition) is 1. The molecule has 0 fully saturated rings.